The van der Waals surface area contributed by atoms with Crippen LogP contribution in [0.25, 0.3) is 11.1 Å². The first kappa shape index (κ1) is 17.9. The molecular weight excluding hydrogens is 357 g/mol. The van der Waals surface area contributed by atoms with Crippen molar-refractivity contribution in [2.45, 2.75) is 49.3 Å². The molecule has 0 radical (unpaired) electrons. The van der Waals surface area contributed by atoms with E-state index < -0.39 is 32.9 Å². The SMILES string of the molecule is NS(=O)(=O)c1ccc(-c2c(C3CCCCC3)noc2C(F)F)cc1F. The second-order valence-corrected chi connectivity index (χ2v) is 7.66. The van der Waals surface area contributed by atoms with E-state index in [1.54, 1.807) is 0 Å². The molecule has 1 aromatic carbocycles. The number of nitrogens with two attached hydrogens (primary N) is 1. The van der Waals surface area contributed by atoms with Crippen LogP contribution in [0.5, 0.6) is 0 Å². The lowest BCUT2D eigenvalue weighted by atomic mass is 9.84. The molecule has 136 valence electrons. The van der Waals surface area contributed by atoms with Crippen LogP contribution in [0.1, 0.15) is 55.9 Å². The molecule has 0 amide bonds. The van der Waals surface area contributed by atoms with Gasteiger partial charge in [-0.15, -0.1) is 0 Å². The van der Waals surface area contributed by atoms with Gasteiger partial charge in [-0.05, 0) is 30.5 Å². The lowest BCUT2D eigenvalue weighted by Crippen LogP contribution is -2.14. The van der Waals surface area contributed by atoms with Crippen molar-refractivity contribution in [1.29, 1.82) is 0 Å². The summed E-state index contributed by atoms with van der Waals surface area (Å²) in [5, 5.41) is 8.75. The number of hydrogen-bond donors (Lipinski definition) is 1. The number of halogens is 3. The predicted molar refractivity (Wildman–Crippen MR) is 84.1 cm³/mol. The zero-order valence-electron chi connectivity index (χ0n) is 13.2. The number of alkyl halides is 2. The van der Waals surface area contributed by atoms with Crippen LogP contribution in [0, 0.1) is 5.82 Å². The van der Waals surface area contributed by atoms with Gasteiger partial charge in [0.2, 0.25) is 15.8 Å². The maximum absolute atomic E-state index is 14.1. The molecule has 1 aliphatic rings. The second-order valence-electron chi connectivity index (χ2n) is 6.13. The summed E-state index contributed by atoms with van der Waals surface area (Å²) in [4.78, 5) is -0.689. The zero-order valence-corrected chi connectivity index (χ0v) is 14.0. The molecule has 0 saturated heterocycles. The Morgan fingerprint density at radius 3 is 2.44 bits per heavy atom. The van der Waals surface area contributed by atoms with Crippen LogP contribution >= 0.6 is 0 Å². The van der Waals surface area contributed by atoms with Crippen molar-refractivity contribution >= 4 is 10.0 Å². The monoisotopic (exact) mass is 374 g/mol. The Balaban J connectivity index is 2.12. The molecule has 0 spiro atoms. The number of aromatic nitrogens is 1. The fourth-order valence-electron chi connectivity index (χ4n) is 3.30. The third kappa shape index (κ3) is 3.57. The van der Waals surface area contributed by atoms with Gasteiger partial charge in [0.05, 0.1) is 11.3 Å². The van der Waals surface area contributed by atoms with E-state index in [-0.39, 0.29) is 17.0 Å². The lowest BCUT2D eigenvalue weighted by molar-refractivity contribution is 0.112. The Morgan fingerprint density at radius 2 is 1.88 bits per heavy atom. The van der Waals surface area contributed by atoms with Crippen molar-refractivity contribution in [3.63, 3.8) is 0 Å². The third-order valence-corrected chi connectivity index (χ3v) is 5.41. The molecule has 5 nitrogen and oxygen atoms in total. The van der Waals surface area contributed by atoms with E-state index in [0.717, 1.165) is 44.2 Å². The summed E-state index contributed by atoms with van der Waals surface area (Å²) in [5.74, 6) is -1.78. The standard InChI is InChI=1S/C16H17F3N2O3S/c17-11-8-10(6-7-12(11)25(20,22)23)13-14(9-4-2-1-3-5-9)21-24-15(13)16(18)19/h6-9,16H,1-5H2,(H2,20,22,23). The van der Waals surface area contributed by atoms with Gasteiger partial charge in [-0.2, -0.15) is 0 Å². The second kappa shape index (κ2) is 6.80. The zero-order chi connectivity index (χ0) is 18.2. The smallest absolute Gasteiger partial charge is 0.298 e. The minimum Gasteiger partial charge on any atom is -0.354 e. The van der Waals surface area contributed by atoms with Crippen molar-refractivity contribution in [1.82, 2.24) is 5.16 Å². The molecule has 0 bridgehead atoms. The van der Waals surface area contributed by atoms with Crippen LogP contribution in [0.3, 0.4) is 0 Å². The Morgan fingerprint density at radius 1 is 1.20 bits per heavy atom. The largest absolute Gasteiger partial charge is 0.354 e. The highest BCUT2D eigenvalue weighted by Crippen LogP contribution is 2.42. The maximum atomic E-state index is 14.1. The van der Waals surface area contributed by atoms with Gasteiger partial charge in [-0.3, -0.25) is 0 Å². The van der Waals surface area contributed by atoms with Gasteiger partial charge in [0.15, 0.2) is 0 Å². The van der Waals surface area contributed by atoms with Gasteiger partial charge < -0.3 is 4.52 Å². The molecule has 9 heteroatoms. The molecule has 2 N–H and O–H groups in total. The van der Waals surface area contributed by atoms with E-state index in [1.807, 2.05) is 0 Å². The average molecular weight is 374 g/mol. The van der Waals surface area contributed by atoms with Crippen LogP contribution in [-0.4, -0.2) is 13.6 Å². The summed E-state index contributed by atoms with van der Waals surface area (Å²) in [7, 11) is -4.24. The van der Waals surface area contributed by atoms with Gasteiger partial charge in [-0.1, -0.05) is 30.5 Å². The van der Waals surface area contributed by atoms with Crippen LogP contribution in [0.15, 0.2) is 27.6 Å². The van der Waals surface area contributed by atoms with E-state index >= 15 is 0 Å². The van der Waals surface area contributed by atoms with Crippen LogP contribution in [-0.2, 0) is 10.0 Å². The normalized spacial score (nSPS) is 16.5. The molecule has 0 unspecified atom stereocenters. The van der Waals surface area contributed by atoms with E-state index in [9.17, 15) is 21.6 Å². The number of rotatable bonds is 4. The number of sulfonamides is 1. The first-order valence-electron chi connectivity index (χ1n) is 7.89. The van der Waals surface area contributed by atoms with Crippen molar-refractivity contribution in [3.8, 4) is 11.1 Å². The van der Waals surface area contributed by atoms with E-state index in [4.69, 9.17) is 9.66 Å². The number of primary sulfonamides is 1. The van der Waals surface area contributed by atoms with Gasteiger partial charge in [0.25, 0.3) is 6.43 Å². The van der Waals surface area contributed by atoms with Gasteiger partial charge in [0.1, 0.15) is 10.7 Å². The summed E-state index contributed by atoms with van der Waals surface area (Å²) in [5.41, 5.74) is 0.515. The highest BCUT2D eigenvalue weighted by atomic mass is 32.2. The number of nitrogens with zero attached hydrogens (tertiary/aromatic N) is 1. The van der Waals surface area contributed by atoms with E-state index in [1.165, 1.54) is 6.07 Å². The lowest BCUT2D eigenvalue weighted by Gasteiger charge is -2.20. The highest BCUT2D eigenvalue weighted by Gasteiger charge is 2.30. The van der Waals surface area contributed by atoms with Crippen molar-refractivity contribution in [2.24, 2.45) is 5.14 Å². The summed E-state index contributed by atoms with van der Waals surface area (Å²) in [6.07, 6.45) is 1.66. The fraction of sp³-hybridized carbons (Fsp3) is 0.438. The summed E-state index contributed by atoms with van der Waals surface area (Å²) < 4.78 is 68.3. The predicted octanol–water partition coefficient (Wildman–Crippen LogP) is 4.11. The van der Waals surface area contributed by atoms with Crippen molar-refractivity contribution in [2.75, 3.05) is 0 Å². The van der Waals surface area contributed by atoms with Crippen LogP contribution in [0.4, 0.5) is 13.2 Å². The summed E-state index contributed by atoms with van der Waals surface area (Å²) >= 11 is 0. The molecule has 1 aromatic heterocycles. The van der Waals surface area contributed by atoms with Crippen LogP contribution < -0.4 is 5.14 Å². The minimum atomic E-state index is -4.24. The molecule has 0 atom stereocenters. The molecular formula is C16H17F3N2O3S. The van der Waals surface area contributed by atoms with Gasteiger partial charge in [-0.25, -0.2) is 26.7 Å². The molecule has 0 aliphatic heterocycles. The van der Waals surface area contributed by atoms with Gasteiger partial charge in [0, 0.05) is 5.92 Å². The van der Waals surface area contributed by atoms with Crippen LogP contribution in [0.2, 0.25) is 0 Å². The molecule has 1 fully saturated rings. The third-order valence-electron chi connectivity index (χ3n) is 4.46. The molecule has 1 heterocycles. The van der Waals surface area contributed by atoms with Crippen molar-refractivity contribution < 1.29 is 26.1 Å². The first-order valence-corrected chi connectivity index (χ1v) is 9.44. The van der Waals surface area contributed by atoms with Gasteiger partial charge >= 0.3 is 0 Å². The summed E-state index contributed by atoms with van der Waals surface area (Å²) in [6, 6.07) is 3.09. The van der Waals surface area contributed by atoms with E-state index in [0.29, 0.717) is 5.69 Å². The molecule has 1 saturated carbocycles. The number of hydrogen-bond acceptors (Lipinski definition) is 4. The quantitative estimate of drug-likeness (QED) is 0.872. The molecule has 1 aliphatic carbocycles. The molecule has 25 heavy (non-hydrogen) atoms. The molecule has 3 rings (SSSR count). The Bertz CT molecular complexity index is 875. The Labute approximate surface area is 143 Å². The Hall–Kier alpha value is -1.87. The first-order chi connectivity index (χ1) is 11.8. The average Bonchev–Trinajstić information content (AvgIpc) is 2.99. The Kier molecular flexibility index (Phi) is 4.88. The molecule has 2 aromatic rings. The maximum Gasteiger partial charge on any atom is 0.298 e. The summed E-state index contributed by atoms with van der Waals surface area (Å²) in [6.45, 7) is 0. The van der Waals surface area contributed by atoms with Crippen molar-refractivity contribution in [3.05, 3.63) is 35.5 Å². The minimum absolute atomic E-state index is 0.0408. The number of benzene rings is 1. The highest BCUT2D eigenvalue weighted by molar-refractivity contribution is 7.89. The topological polar surface area (TPSA) is 86.2 Å². The van der Waals surface area contributed by atoms with E-state index in [2.05, 4.69) is 5.16 Å². The fourth-order valence-corrected chi connectivity index (χ4v) is 3.89.